The van der Waals surface area contributed by atoms with Crippen LogP contribution in [0.2, 0.25) is 0 Å². The molecule has 1 aromatic heterocycles. The smallest absolute Gasteiger partial charge is 0.352 e. The van der Waals surface area contributed by atoms with Crippen LogP contribution in [0, 0.1) is 5.41 Å². The minimum Gasteiger partial charge on any atom is -0.370 e. The number of nitrogens with one attached hydrogen (secondary N) is 1. The molecule has 0 spiro atoms. The molecule has 0 bridgehead atoms. The van der Waals surface area contributed by atoms with Crippen molar-refractivity contribution in [2.24, 2.45) is 27.6 Å². The molecule has 0 radical (unpaired) electrons. The van der Waals surface area contributed by atoms with Crippen LogP contribution in [0.25, 0.3) is 11.4 Å². The van der Waals surface area contributed by atoms with Crippen molar-refractivity contribution in [2.75, 3.05) is 44.6 Å². The maximum Gasteiger partial charge on any atom is 0.352 e. The van der Waals surface area contributed by atoms with Crippen LogP contribution in [0.5, 0.6) is 0 Å². The van der Waals surface area contributed by atoms with Crippen LogP contribution < -0.4 is 33.9 Å². The average molecular weight is 896 g/mol. The van der Waals surface area contributed by atoms with Crippen LogP contribution in [-0.4, -0.2) is 104 Å². The summed E-state index contributed by atoms with van der Waals surface area (Å²) in [6.07, 6.45) is 3.52. The predicted molar refractivity (Wildman–Crippen MR) is 251 cm³/mol. The molecule has 5 aromatic rings. The van der Waals surface area contributed by atoms with Crippen LogP contribution in [-0.2, 0) is 20.9 Å². The first kappa shape index (κ1) is 45.3. The number of guanidine groups is 1. The van der Waals surface area contributed by atoms with Crippen molar-refractivity contribution in [1.82, 2.24) is 28.6 Å². The van der Waals surface area contributed by atoms with Gasteiger partial charge < -0.3 is 32.3 Å². The molecular formula is C49H57N11O6. The van der Waals surface area contributed by atoms with Crippen molar-refractivity contribution < 1.29 is 19.2 Å². The molecule has 1 aliphatic carbocycles. The number of piperazine rings is 1. The zero-order valence-electron chi connectivity index (χ0n) is 37.0. The lowest BCUT2D eigenvalue weighted by Gasteiger charge is -2.41. The number of nitrogens with two attached hydrogens (primary N) is 3. The number of nitrogens with zero attached hydrogens (tertiary/aromatic N) is 7. The van der Waals surface area contributed by atoms with Gasteiger partial charge in [0.2, 0.25) is 17.7 Å². The number of aromatic nitrogens is 3. The second-order valence-corrected chi connectivity index (χ2v) is 17.5. The molecular weight excluding hydrogens is 839 g/mol. The molecule has 66 heavy (non-hydrogen) atoms. The Hall–Kier alpha value is -7.27. The number of carbonyl (C=O) groups is 4. The number of benzene rings is 4. The number of hydrogen-bond donors (Lipinski definition) is 4. The van der Waals surface area contributed by atoms with Gasteiger partial charge in [0, 0.05) is 63.4 Å². The van der Waals surface area contributed by atoms with E-state index in [4.69, 9.17) is 17.2 Å². The van der Waals surface area contributed by atoms with Gasteiger partial charge in [0.1, 0.15) is 6.04 Å². The second kappa shape index (κ2) is 19.9. The van der Waals surface area contributed by atoms with Crippen LogP contribution in [0.15, 0.2) is 124 Å². The fourth-order valence-electron chi connectivity index (χ4n) is 10.0. The van der Waals surface area contributed by atoms with Gasteiger partial charge in [-0.15, -0.1) is 0 Å². The van der Waals surface area contributed by atoms with Crippen molar-refractivity contribution in [1.29, 1.82) is 0 Å². The third kappa shape index (κ3) is 9.56. The Balaban J connectivity index is 1.02. The quantitative estimate of drug-likeness (QED) is 0.0646. The van der Waals surface area contributed by atoms with E-state index in [0.29, 0.717) is 62.4 Å². The number of anilines is 1. The van der Waals surface area contributed by atoms with Gasteiger partial charge in [-0.1, -0.05) is 85.6 Å². The summed E-state index contributed by atoms with van der Waals surface area (Å²) in [5.41, 5.74) is 19.5. The van der Waals surface area contributed by atoms with Gasteiger partial charge in [0.25, 0.3) is 5.91 Å². The number of rotatable bonds is 16. The predicted octanol–water partition coefficient (Wildman–Crippen LogP) is 3.37. The zero-order chi connectivity index (χ0) is 46.4. The fourth-order valence-corrected chi connectivity index (χ4v) is 10.0. The summed E-state index contributed by atoms with van der Waals surface area (Å²) in [6.45, 7) is 1.86. The molecule has 4 aromatic carbocycles. The number of fused-ring (bicyclic) bond motifs is 2. The maximum absolute atomic E-state index is 14.8. The lowest BCUT2D eigenvalue weighted by Crippen LogP contribution is -2.52. The van der Waals surface area contributed by atoms with Gasteiger partial charge in [0.05, 0.1) is 24.0 Å². The largest absolute Gasteiger partial charge is 0.370 e. The lowest BCUT2D eigenvalue weighted by molar-refractivity contribution is -0.143. The van der Waals surface area contributed by atoms with Crippen molar-refractivity contribution >= 4 is 35.3 Å². The summed E-state index contributed by atoms with van der Waals surface area (Å²) in [4.78, 5) is 93.8. The normalized spacial score (nSPS) is 17.2. The second-order valence-electron chi connectivity index (χ2n) is 17.5. The fraction of sp³-hybridized carbons (Fsp3) is 0.367. The Morgan fingerprint density at radius 2 is 1.30 bits per heavy atom. The maximum atomic E-state index is 14.8. The lowest BCUT2D eigenvalue weighted by atomic mass is 9.78. The number of hydrogen-bond acceptors (Lipinski definition) is 8. The molecule has 3 heterocycles. The zero-order valence-corrected chi connectivity index (χ0v) is 37.0. The van der Waals surface area contributed by atoms with Crippen molar-refractivity contribution in [3.05, 3.63) is 147 Å². The Morgan fingerprint density at radius 3 is 1.91 bits per heavy atom. The number of aliphatic imine (C=N–C) groups is 1. The Labute approximate surface area is 382 Å². The molecule has 2 fully saturated rings. The van der Waals surface area contributed by atoms with Gasteiger partial charge in [-0.05, 0) is 78.6 Å². The standard InChI is InChI=1S/C49H57N11O6/c50-44(63)40(22-13-25-53-46(51)52)57(30-31-58-47(65)59(34-14-3-1-4-15-34)60(48(58)66)35-16-5-2-6-17-35)42(62)33-49(23-11-12-24-49)32-41(61)55-26-28-56(29-27-55)43-36-18-7-8-19-37(36)45(64)54-39-21-10-9-20-38(39)43/h1-10,14-21,40,43H,11-13,22-33H2,(H2,50,63)(H,54,64)(H4,51,52,53)/t40-,43+/m0/s1. The van der Waals surface area contributed by atoms with E-state index in [1.54, 1.807) is 48.5 Å². The molecule has 17 nitrogen and oxygen atoms in total. The average Bonchev–Trinajstić information content (AvgIpc) is 3.84. The minimum absolute atomic E-state index is 0.0266. The molecule has 0 unspecified atom stereocenters. The van der Waals surface area contributed by atoms with E-state index in [1.165, 1.54) is 14.3 Å². The van der Waals surface area contributed by atoms with E-state index in [2.05, 4.69) is 15.2 Å². The highest BCUT2D eigenvalue weighted by Crippen LogP contribution is 2.45. The number of para-hydroxylation sites is 3. The molecule has 1 saturated carbocycles. The van der Waals surface area contributed by atoms with Gasteiger partial charge in [-0.25, -0.2) is 14.2 Å². The van der Waals surface area contributed by atoms with Crippen LogP contribution >= 0.6 is 0 Å². The molecule has 7 N–H and O–H groups in total. The van der Waals surface area contributed by atoms with E-state index in [1.807, 2.05) is 65.6 Å². The summed E-state index contributed by atoms with van der Waals surface area (Å²) >= 11 is 0. The van der Waals surface area contributed by atoms with Crippen molar-refractivity contribution in [3.8, 4) is 11.4 Å². The summed E-state index contributed by atoms with van der Waals surface area (Å²) in [5, 5.41) is 3.08. The van der Waals surface area contributed by atoms with Gasteiger partial charge in [-0.3, -0.25) is 29.1 Å². The van der Waals surface area contributed by atoms with E-state index in [-0.39, 0.29) is 62.7 Å². The minimum atomic E-state index is -1.11. The molecule has 2 aliphatic heterocycles. The summed E-state index contributed by atoms with van der Waals surface area (Å²) < 4.78 is 3.64. The molecule has 4 amide bonds. The molecule has 344 valence electrons. The van der Waals surface area contributed by atoms with Gasteiger partial charge >= 0.3 is 11.4 Å². The Kier molecular flexibility index (Phi) is 13.6. The Bertz CT molecular complexity index is 2640. The first-order valence-corrected chi connectivity index (χ1v) is 22.7. The van der Waals surface area contributed by atoms with Crippen LogP contribution in [0.4, 0.5) is 5.69 Å². The van der Waals surface area contributed by atoms with Crippen molar-refractivity contribution in [2.45, 2.75) is 70.0 Å². The monoisotopic (exact) mass is 895 g/mol. The SMILES string of the molecule is NC(=O)[C@H](CCCN=C(N)N)N(CCn1c(=O)n(-c2ccccc2)n(-c2ccccc2)c1=O)C(=O)CC1(CC(=O)N2CCN([C@H]3c4ccccc4NC(=O)c4ccccc43)CC2)CCCC1. The van der Waals surface area contributed by atoms with Gasteiger partial charge in [-0.2, -0.15) is 9.36 Å². The number of primary amides is 1. The van der Waals surface area contributed by atoms with E-state index in [0.717, 1.165) is 34.2 Å². The molecule has 8 rings (SSSR count). The highest BCUT2D eigenvalue weighted by Gasteiger charge is 2.42. The van der Waals surface area contributed by atoms with Gasteiger partial charge in [0.15, 0.2) is 5.96 Å². The number of carbonyl (C=O) groups excluding carboxylic acids is 4. The van der Waals surface area contributed by atoms with E-state index < -0.39 is 34.7 Å². The topological polar surface area (TPSA) is 229 Å². The van der Waals surface area contributed by atoms with Crippen LogP contribution in [0.3, 0.4) is 0 Å². The molecule has 1 saturated heterocycles. The summed E-state index contributed by atoms with van der Waals surface area (Å²) in [6, 6.07) is 31.7. The summed E-state index contributed by atoms with van der Waals surface area (Å²) in [7, 11) is 0. The highest BCUT2D eigenvalue weighted by atomic mass is 16.2. The van der Waals surface area contributed by atoms with E-state index in [9.17, 15) is 28.8 Å². The first-order chi connectivity index (χ1) is 31.9. The third-order valence-electron chi connectivity index (χ3n) is 13.3. The number of amides is 4. The summed E-state index contributed by atoms with van der Waals surface area (Å²) in [5.74, 6) is -1.46. The molecule has 3 aliphatic rings. The van der Waals surface area contributed by atoms with Crippen LogP contribution in [0.1, 0.15) is 78.9 Å². The Morgan fingerprint density at radius 1 is 0.727 bits per heavy atom. The van der Waals surface area contributed by atoms with E-state index >= 15 is 0 Å². The molecule has 2 atom stereocenters. The van der Waals surface area contributed by atoms with Crippen molar-refractivity contribution in [3.63, 3.8) is 0 Å². The molecule has 17 heteroatoms. The first-order valence-electron chi connectivity index (χ1n) is 22.7. The third-order valence-corrected chi connectivity index (χ3v) is 13.3. The highest BCUT2D eigenvalue weighted by molar-refractivity contribution is 6.07.